The van der Waals surface area contributed by atoms with Crippen molar-refractivity contribution in [3.05, 3.63) is 30.1 Å². The summed E-state index contributed by atoms with van der Waals surface area (Å²) in [4.78, 5) is 8.91. The van der Waals surface area contributed by atoms with Crippen molar-refractivity contribution >= 4 is 35.6 Å². The molecular weight excluding hydrogens is 430 g/mol. The minimum absolute atomic E-state index is 0. The van der Waals surface area contributed by atoms with Gasteiger partial charge in [0.25, 0.3) is 0 Å². The molecule has 4 nitrogen and oxygen atoms in total. The Morgan fingerprint density at radius 2 is 1.88 bits per heavy atom. The van der Waals surface area contributed by atoms with Gasteiger partial charge < -0.3 is 15.1 Å². The summed E-state index contributed by atoms with van der Waals surface area (Å²) in [6.07, 6.45) is 5.59. The molecule has 0 unspecified atom stereocenters. The number of para-hydroxylation sites is 1. The van der Waals surface area contributed by atoms with Crippen molar-refractivity contribution in [2.24, 2.45) is 16.3 Å². The van der Waals surface area contributed by atoms with Gasteiger partial charge in [-0.1, -0.05) is 12.1 Å². The lowest BCUT2D eigenvalue weighted by Gasteiger charge is -2.38. The second-order valence-electron chi connectivity index (χ2n) is 7.46. The molecule has 25 heavy (non-hydrogen) atoms. The van der Waals surface area contributed by atoms with Crippen LogP contribution < -0.4 is 10.2 Å². The Morgan fingerprint density at radius 1 is 1.20 bits per heavy atom. The van der Waals surface area contributed by atoms with E-state index in [2.05, 4.69) is 20.1 Å². The first-order valence-electron chi connectivity index (χ1n) is 9.17. The average molecular weight is 458 g/mol. The van der Waals surface area contributed by atoms with Gasteiger partial charge in [-0.2, -0.15) is 0 Å². The molecule has 138 valence electrons. The number of rotatable bonds is 4. The van der Waals surface area contributed by atoms with Gasteiger partial charge in [-0.3, -0.25) is 4.99 Å². The van der Waals surface area contributed by atoms with Crippen LogP contribution in [0.2, 0.25) is 0 Å². The molecule has 1 aromatic carbocycles. The molecule has 6 heteroatoms. The normalized spacial score (nSPS) is 22.4. The molecule has 1 saturated heterocycles. The van der Waals surface area contributed by atoms with Crippen LogP contribution in [0, 0.1) is 17.2 Å². The number of benzene rings is 1. The summed E-state index contributed by atoms with van der Waals surface area (Å²) in [5, 5.41) is 3.61. The highest BCUT2D eigenvalue weighted by molar-refractivity contribution is 14.0. The highest BCUT2D eigenvalue weighted by Gasteiger charge is 2.53. The molecule has 0 radical (unpaired) electrons. The molecule has 0 spiro atoms. The third kappa shape index (κ3) is 4.04. The van der Waals surface area contributed by atoms with Gasteiger partial charge in [-0.05, 0) is 49.1 Å². The van der Waals surface area contributed by atoms with Gasteiger partial charge in [0, 0.05) is 39.8 Å². The van der Waals surface area contributed by atoms with Crippen LogP contribution in [-0.2, 0) is 0 Å². The van der Waals surface area contributed by atoms with Crippen LogP contribution in [0.3, 0.4) is 0 Å². The highest BCUT2D eigenvalue weighted by atomic mass is 127. The van der Waals surface area contributed by atoms with Crippen molar-refractivity contribution in [1.29, 1.82) is 0 Å². The van der Waals surface area contributed by atoms with Crippen molar-refractivity contribution in [1.82, 2.24) is 10.2 Å². The van der Waals surface area contributed by atoms with Crippen LogP contribution in [0.15, 0.2) is 29.3 Å². The van der Waals surface area contributed by atoms with E-state index in [-0.39, 0.29) is 29.8 Å². The average Bonchev–Trinajstić information content (AvgIpc) is 3.49. The van der Waals surface area contributed by atoms with E-state index in [1.54, 1.807) is 6.07 Å². The van der Waals surface area contributed by atoms with E-state index in [0.717, 1.165) is 44.6 Å². The lowest BCUT2D eigenvalue weighted by Crippen LogP contribution is -2.53. The zero-order chi connectivity index (χ0) is 16.6. The Labute approximate surface area is 166 Å². The Hall–Kier alpha value is -1.05. The summed E-state index contributed by atoms with van der Waals surface area (Å²) in [6.45, 7) is 4.48. The number of halogens is 2. The van der Waals surface area contributed by atoms with E-state index < -0.39 is 0 Å². The topological polar surface area (TPSA) is 30.9 Å². The second kappa shape index (κ2) is 7.68. The number of hydrogen-bond acceptors (Lipinski definition) is 2. The molecule has 4 rings (SSSR count). The minimum Gasteiger partial charge on any atom is -0.366 e. The smallest absolute Gasteiger partial charge is 0.193 e. The van der Waals surface area contributed by atoms with E-state index in [9.17, 15) is 4.39 Å². The first kappa shape index (κ1) is 18.7. The van der Waals surface area contributed by atoms with E-state index >= 15 is 0 Å². The Kier molecular flexibility index (Phi) is 5.75. The number of piperazine rings is 1. The Bertz CT molecular complexity index is 620. The molecule has 1 aromatic rings. The van der Waals surface area contributed by atoms with Gasteiger partial charge in [-0.25, -0.2) is 4.39 Å². The number of hydrogen-bond donors (Lipinski definition) is 1. The zero-order valence-corrected chi connectivity index (χ0v) is 17.2. The largest absolute Gasteiger partial charge is 0.366 e. The molecular formula is C19H28FIN4. The summed E-state index contributed by atoms with van der Waals surface area (Å²) >= 11 is 0. The molecule has 1 heterocycles. The number of nitrogens with one attached hydrogen (secondary N) is 1. The fraction of sp³-hybridized carbons (Fsp3) is 0.632. The lowest BCUT2D eigenvalue weighted by atomic mass is 10.0. The van der Waals surface area contributed by atoms with E-state index in [4.69, 9.17) is 0 Å². The van der Waals surface area contributed by atoms with Crippen LogP contribution in [0.4, 0.5) is 10.1 Å². The molecule has 1 N–H and O–H groups in total. The first-order chi connectivity index (χ1) is 11.7. The predicted molar refractivity (Wildman–Crippen MR) is 111 cm³/mol. The maximum absolute atomic E-state index is 13.9. The summed E-state index contributed by atoms with van der Waals surface area (Å²) in [5.41, 5.74) is 1.29. The first-order valence-corrected chi connectivity index (χ1v) is 9.17. The van der Waals surface area contributed by atoms with E-state index in [1.807, 2.05) is 19.2 Å². The van der Waals surface area contributed by atoms with Crippen molar-refractivity contribution in [2.75, 3.05) is 44.7 Å². The third-order valence-corrected chi connectivity index (χ3v) is 5.92. The van der Waals surface area contributed by atoms with E-state index in [1.165, 1.54) is 31.7 Å². The van der Waals surface area contributed by atoms with Crippen LogP contribution in [-0.4, -0.2) is 50.6 Å². The molecule has 3 fully saturated rings. The number of aliphatic imine (C=N–C) groups is 1. The van der Waals surface area contributed by atoms with Gasteiger partial charge in [-0.15, -0.1) is 24.0 Å². The second-order valence-corrected chi connectivity index (χ2v) is 7.46. The van der Waals surface area contributed by atoms with Crippen LogP contribution in [0.5, 0.6) is 0 Å². The predicted octanol–water partition coefficient (Wildman–Crippen LogP) is 3.33. The monoisotopic (exact) mass is 458 g/mol. The lowest BCUT2D eigenvalue weighted by molar-refractivity contribution is 0.358. The minimum atomic E-state index is -0.131. The summed E-state index contributed by atoms with van der Waals surface area (Å²) in [7, 11) is 1.86. The molecule has 0 atom stereocenters. The highest BCUT2D eigenvalue weighted by Crippen LogP contribution is 2.60. The zero-order valence-electron chi connectivity index (χ0n) is 14.9. The fourth-order valence-electron chi connectivity index (χ4n) is 4.04. The van der Waals surface area contributed by atoms with Gasteiger partial charge in [0.05, 0.1) is 5.69 Å². The fourth-order valence-corrected chi connectivity index (χ4v) is 4.04. The number of anilines is 1. The summed E-state index contributed by atoms with van der Waals surface area (Å²) in [6, 6.07) is 7.05. The van der Waals surface area contributed by atoms with Crippen LogP contribution >= 0.6 is 24.0 Å². The molecule has 1 aliphatic heterocycles. The van der Waals surface area contributed by atoms with Gasteiger partial charge in [0.15, 0.2) is 5.96 Å². The number of guanidine groups is 1. The molecule has 0 amide bonds. The van der Waals surface area contributed by atoms with Crippen molar-refractivity contribution in [3.63, 3.8) is 0 Å². The summed E-state index contributed by atoms with van der Waals surface area (Å²) < 4.78 is 13.9. The van der Waals surface area contributed by atoms with Crippen molar-refractivity contribution < 1.29 is 4.39 Å². The quantitative estimate of drug-likeness (QED) is 0.427. The molecule has 0 bridgehead atoms. The Balaban J connectivity index is 0.00000182. The van der Waals surface area contributed by atoms with Gasteiger partial charge >= 0.3 is 0 Å². The maximum Gasteiger partial charge on any atom is 0.193 e. The SMILES string of the molecule is CN=C(NCC1(C2CC2)CC1)N1CCN(c2ccccc2F)CC1.I. The molecule has 0 aromatic heterocycles. The third-order valence-electron chi connectivity index (χ3n) is 5.92. The molecule has 2 aliphatic carbocycles. The van der Waals surface area contributed by atoms with Gasteiger partial charge in [0.1, 0.15) is 5.82 Å². The maximum atomic E-state index is 13.9. The van der Waals surface area contributed by atoms with E-state index in [0.29, 0.717) is 11.1 Å². The van der Waals surface area contributed by atoms with Gasteiger partial charge in [0.2, 0.25) is 0 Å². The standard InChI is InChI=1S/C19H27FN4.HI/c1-21-18(22-14-19(8-9-19)15-6-7-15)24-12-10-23(11-13-24)17-5-3-2-4-16(17)20;/h2-5,15H,6-14H2,1H3,(H,21,22);1H. The summed E-state index contributed by atoms with van der Waals surface area (Å²) in [5.74, 6) is 1.84. The number of nitrogens with zero attached hydrogens (tertiary/aromatic N) is 3. The van der Waals surface area contributed by atoms with Crippen molar-refractivity contribution in [3.8, 4) is 0 Å². The molecule has 2 saturated carbocycles. The van der Waals surface area contributed by atoms with Crippen molar-refractivity contribution in [2.45, 2.75) is 25.7 Å². The van der Waals surface area contributed by atoms with Crippen LogP contribution in [0.1, 0.15) is 25.7 Å². The Morgan fingerprint density at radius 3 is 2.44 bits per heavy atom. The molecule has 3 aliphatic rings. The van der Waals surface area contributed by atoms with Crippen LogP contribution in [0.25, 0.3) is 0 Å².